The van der Waals surface area contributed by atoms with E-state index in [9.17, 15) is 0 Å². The molecule has 0 radical (unpaired) electrons. The van der Waals surface area contributed by atoms with Gasteiger partial charge in [0, 0.05) is 49.9 Å². The molecule has 0 aliphatic carbocycles. The van der Waals surface area contributed by atoms with Crippen LogP contribution in [0.2, 0.25) is 10.2 Å². The molecule has 0 amide bonds. The van der Waals surface area contributed by atoms with Crippen LogP contribution in [-0.2, 0) is 7.05 Å². The lowest BCUT2D eigenvalue weighted by molar-refractivity contribution is 0.590. The van der Waals surface area contributed by atoms with Crippen molar-refractivity contribution in [2.75, 3.05) is 36.4 Å². The fraction of sp³-hybridized carbons (Fsp3) is 0.227. The minimum atomic E-state index is 0.596. The second-order valence-corrected chi connectivity index (χ2v) is 8.21. The van der Waals surface area contributed by atoms with Gasteiger partial charge in [-0.1, -0.05) is 35.3 Å². The molecule has 0 spiro atoms. The van der Waals surface area contributed by atoms with Crippen LogP contribution in [0.5, 0.6) is 0 Å². The van der Waals surface area contributed by atoms with Gasteiger partial charge in [0.05, 0.1) is 22.6 Å². The summed E-state index contributed by atoms with van der Waals surface area (Å²) in [5.74, 6) is 0.702. The third-order valence-corrected chi connectivity index (χ3v) is 6.23. The Labute approximate surface area is 190 Å². The monoisotopic (exact) mass is 453 g/mol. The van der Waals surface area contributed by atoms with Crippen molar-refractivity contribution in [3.63, 3.8) is 0 Å². The summed E-state index contributed by atoms with van der Waals surface area (Å²) in [5.41, 5.74) is 4.37. The summed E-state index contributed by atoms with van der Waals surface area (Å²) < 4.78 is 1.81. The number of halogens is 2. The molecule has 1 aliphatic rings. The lowest BCUT2D eigenvalue weighted by Crippen LogP contribution is -2.43. The van der Waals surface area contributed by atoms with Crippen molar-refractivity contribution in [3.8, 4) is 11.3 Å². The molecule has 2 aromatic heterocycles. The van der Waals surface area contributed by atoms with Gasteiger partial charge in [0.25, 0.3) is 0 Å². The Kier molecular flexibility index (Phi) is 5.40. The molecule has 4 aromatic rings. The lowest BCUT2D eigenvalue weighted by Gasteiger charge is -2.31. The summed E-state index contributed by atoms with van der Waals surface area (Å²) in [6, 6.07) is 11.8. The van der Waals surface area contributed by atoms with Gasteiger partial charge < -0.3 is 20.1 Å². The van der Waals surface area contributed by atoms with E-state index in [-0.39, 0.29) is 0 Å². The fourth-order valence-electron chi connectivity index (χ4n) is 3.83. The molecule has 2 N–H and O–H groups in total. The fourth-order valence-corrected chi connectivity index (χ4v) is 4.21. The van der Waals surface area contributed by atoms with Crippen molar-refractivity contribution < 1.29 is 0 Å². The highest BCUT2D eigenvalue weighted by Gasteiger charge is 2.21. The molecule has 1 saturated heterocycles. The average molecular weight is 454 g/mol. The summed E-state index contributed by atoms with van der Waals surface area (Å²) in [4.78, 5) is 15.9. The van der Waals surface area contributed by atoms with E-state index in [1.54, 1.807) is 12.7 Å². The second kappa shape index (κ2) is 8.34. The van der Waals surface area contributed by atoms with E-state index in [4.69, 9.17) is 23.2 Å². The molecule has 3 heterocycles. The van der Waals surface area contributed by atoms with Crippen molar-refractivity contribution >= 4 is 51.3 Å². The maximum absolute atomic E-state index is 6.57. The standard InChI is InChI=1S/C22H21Cl2N7/c1-30-13-28-20(21(30)24)15-10-18-14(11-19(15)31-8-6-25-7-9-31)22(27-12-26-18)29-17-5-3-2-4-16(17)23/h2-5,10-13,25H,6-9H2,1H3,(H,26,27,29). The first-order valence-corrected chi connectivity index (χ1v) is 10.8. The van der Waals surface area contributed by atoms with Crippen LogP contribution in [0.25, 0.3) is 22.2 Å². The summed E-state index contributed by atoms with van der Waals surface area (Å²) in [7, 11) is 1.89. The number of anilines is 3. The van der Waals surface area contributed by atoms with E-state index in [1.807, 2.05) is 41.9 Å². The molecule has 9 heteroatoms. The van der Waals surface area contributed by atoms with E-state index >= 15 is 0 Å². The van der Waals surface area contributed by atoms with Gasteiger partial charge in [0.2, 0.25) is 0 Å². The Hall–Kier alpha value is -2.87. The molecular formula is C22H21Cl2N7. The number of nitrogens with zero attached hydrogens (tertiary/aromatic N) is 5. The molecule has 1 aliphatic heterocycles. The number of aryl methyl sites for hydroxylation is 1. The zero-order valence-corrected chi connectivity index (χ0v) is 18.5. The number of hydrogen-bond donors (Lipinski definition) is 2. The highest BCUT2D eigenvalue weighted by molar-refractivity contribution is 6.33. The molecule has 0 unspecified atom stereocenters. The number of benzene rings is 2. The smallest absolute Gasteiger partial charge is 0.141 e. The topological polar surface area (TPSA) is 70.9 Å². The molecule has 7 nitrogen and oxygen atoms in total. The van der Waals surface area contributed by atoms with E-state index in [2.05, 4.69) is 36.6 Å². The van der Waals surface area contributed by atoms with Crippen LogP contribution in [0.15, 0.2) is 49.1 Å². The maximum Gasteiger partial charge on any atom is 0.141 e. The van der Waals surface area contributed by atoms with Crippen LogP contribution >= 0.6 is 23.2 Å². The minimum Gasteiger partial charge on any atom is -0.368 e. The summed E-state index contributed by atoms with van der Waals surface area (Å²) in [5, 5.41) is 8.91. The summed E-state index contributed by atoms with van der Waals surface area (Å²) in [6.45, 7) is 3.63. The van der Waals surface area contributed by atoms with Crippen molar-refractivity contribution in [2.24, 2.45) is 7.05 Å². The molecule has 31 heavy (non-hydrogen) atoms. The Morgan fingerprint density at radius 3 is 2.58 bits per heavy atom. The number of piperazine rings is 1. The zero-order chi connectivity index (χ0) is 21.4. The van der Waals surface area contributed by atoms with Gasteiger partial charge in [0.1, 0.15) is 23.0 Å². The number of para-hydroxylation sites is 1. The highest BCUT2D eigenvalue weighted by atomic mass is 35.5. The first kappa shape index (κ1) is 20.1. The maximum atomic E-state index is 6.57. The van der Waals surface area contributed by atoms with Gasteiger partial charge in [-0.2, -0.15) is 0 Å². The highest BCUT2D eigenvalue weighted by Crippen LogP contribution is 2.39. The van der Waals surface area contributed by atoms with Crippen molar-refractivity contribution in [3.05, 3.63) is 59.2 Å². The Morgan fingerprint density at radius 1 is 1.03 bits per heavy atom. The van der Waals surface area contributed by atoms with Gasteiger partial charge in [-0.25, -0.2) is 15.0 Å². The molecule has 1 fully saturated rings. The van der Waals surface area contributed by atoms with Crippen LogP contribution < -0.4 is 15.5 Å². The molecule has 2 aromatic carbocycles. The number of nitrogens with one attached hydrogen (secondary N) is 2. The van der Waals surface area contributed by atoms with Crippen molar-refractivity contribution in [1.82, 2.24) is 24.8 Å². The average Bonchev–Trinajstić information content (AvgIpc) is 3.13. The lowest BCUT2D eigenvalue weighted by atomic mass is 10.0. The first-order valence-electron chi connectivity index (χ1n) is 10.0. The zero-order valence-electron chi connectivity index (χ0n) is 16.9. The van der Waals surface area contributed by atoms with Crippen LogP contribution in [0.1, 0.15) is 0 Å². The van der Waals surface area contributed by atoms with Crippen molar-refractivity contribution in [1.29, 1.82) is 0 Å². The number of aromatic nitrogens is 4. The second-order valence-electron chi connectivity index (χ2n) is 7.45. The number of rotatable bonds is 4. The van der Waals surface area contributed by atoms with E-state index in [0.717, 1.165) is 59.7 Å². The van der Waals surface area contributed by atoms with Crippen LogP contribution in [0.4, 0.5) is 17.2 Å². The van der Waals surface area contributed by atoms with Gasteiger partial charge >= 0.3 is 0 Å². The van der Waals surface area contributed by atoms with Crippen LogP contribution in [-0.4, -0.2) is 45.7 Å². The summed E-state index contributed by atoms with van der Waals surface area (Å²) in [6.07, 6.45) is 3.28. The molecule has 0 bridgehead atoms. The predicted octanol–water partition coefficient (Wildman–Crippen LogP) is 4.49. The third kappa shape index (κ3) is 3.80. The van der Waals surface area contributed by atoms with Gasteiger partial charge in [-0.3, -0.25) is 0 Å². The Morgan fingerprint density at radius 2 is 1.84 bits per heavy atom. The first-order chi connectivity index (χ1) is 15.1. The largest absolute Gasteiger partial charge is 0.368 e. The molecule has 0 atom stereocenters. The number of imidazole rings is 1. The SMILES string of the molecule is Cn1cnc(-c2cc3ncnc(Nc4ccccc4Cl)c3cc2N2CCNCC2)c1Cl. The molecule has 158 valence electrons. The molecule has 5 rings (SSSR count). The van der Waals surface area contributed by atoms with Gasteiger partial charge in [-0.05, 0) is 24.3 Å². The minimum absolute atomic E-state index is 0.596. The normalized spacial score (nSPS) is 14.2. The number of hydrogen-bond acceptors (Lipinski definition) is 6. The molecular weight excluding hydrogens is 433 g/mol. The van der Waals surface area contributed by atoms with E-state index < -0.39 is 0 Å². The van der Waals surface area contributed by atoms with Gasteiger partial charge in [-0.15, -0.1) is 0 Å². The van der Waals surface area contributed by atoms with Gasteiger partial charge in [0.15, 0.2) is 0 Å². The number of fused-ring (bicyclic) bond motifs is 1. The van der Waals surface area contributed by atoms with Crippen molar-refractivity contribution in [2.45, 2.75) is 0 Å². The summed E-state index contributed by atoms with van der Waals surface area (Å²) >= 11 is 12.9. The quantitative estimate of drug-likeness (QED) is 0.474. The third-order valence-electron chi connectivity index (χ3n) is 5.46. The van der Waals surface area contributed by atoms with E-state index in [0.29, 0.717) is 16.0 Å². The Balaban J connectivity index is 1.69. The van der Waals surface area contributed by atoms with Crippen LogP contribution in [0, 0.1) is 0 Å². The van der Waals surface area contributed by atoms with E-state index in [1.165, 1.54) is 0 Å². The van der Waals surface area contributed by atoms with Crippen LogP contribution in [0.3, 0.4) is 0 Å². The Bertz CT molecular complexity index is 1250. The predicted molar refractivity (Wildman–Crippen MR) is 127 cm³/mol. The molecule has 0 saturated carbocycles.